The first-order chi connectivity index (χ1) is 11.6. The highest BCUT2D eigenvalue weighted by molar-refractivity contribution is 9.10. The number of rotatable bonds is 2. The lowest BCUT2D eigenvalue weighted by atomic mass is 10.3. The van der Waals surface area contributed by atoms with E-state index >= 15 is 0 Å². The molecular weight excluding hydrogens is 368 g/mol. The summed E-state index contributed by atoms with van der Waals surface area (Å²) in [4.78, 5) is 13.8. The fraction of sp³-hybridized carbons (Fsp3) is 0.471. The number of halogens is 1. The van der Waals surface area contributed by atoms with E-state index in [1.165, 1.54) is 0 Å². The minimum atomic E-state index is 0.745. The summed E-state index contributed by atoms with van der Waals surface area (Å²) in [5.74, 6) is 0.869. The number of benzene rings is 1. The number of fused-ring (bicyclic) bond motifs is 1. The van der Waals surface area contributed by atoms with Gasteiger partial charge in [0.1, 0.15) is 0 Å². The Morgan fingerprint density at radius 3 is 2.42 bits per heavy atom. The molecule has 1 fully saturated rings. The largest absolute Gasteiger partial charge is 0.351 e. The first kappa shape index (κ1) is 18.6. The lowest BCUT2D eigenvalue weighted by molar-refractivity contribution is 0.311. The Balaban J connectivity index is 0.00000100. The predicted molar refractivity (Wildman–Crippen MR) is 105 cm³/mol. The van der Waals surface area contributed by atoms with Crippen molar-refractivity contribution in [2.75, 3.05) is 45.2 Å². The molecule has 2 aromatic rings. The molecule has 0 bridgehead atoms. The van der Waals surface area contributed by atoms with Crippen molar-refractivity contribution < 1.29 is 0 Å². The molecule has 0 radical (unpaired) electrons. The van der Waals surface area contributed by atoms with Crippen LogP contribution in [0.15, 0.2) is 32.8 Å². The zero-order valence-corrected chi connectivity index (χ0v) is 16.4. The van der Waals surface area contributed by atoms with Crippen molar-refractivity contribution in [3.63, 3.8) is 0 Å². The van der Waals surface area contributed by atoms with Gasteiger partial charge in [0.05, 0.1) is 11.0 Å². The first-order valence-corrected chi connectivity index (χ1v) is 8.99. The summed E-state index contributed by atoms with van der Waals surface area (Å²) in [5.41, 5.74) is 2.52. The topological polar surface area (TPSA) is 49.0 Å². The standard InChI is InChI=1S/C15H19BrN6.C2H6/c1-17-14-15(21-8-6-20(3)7-9-21)19-12-10-11(16)4-5-13(12)22(14)18-2;1-2/h4-5,10H,2,6-9H2,1,3H3;1-2H3. The van der Waals surface area contributed by atoms with E-state index in [0.29, 0.717) is 0 Å². The van der Waals surface area contributed by atoms with Gasteiger partial charge in [0.15, 0.2) is 11.3 Å². The highest BCUT2D eigenvalue weighted by atomic mass is 79.9. The minimum Gasteiger partial charge on any atom is -0.351 e. The summed E-state index contributed by atoms with van der Waals surface area (Å²) >= 11 is 3.50. The van der Waals surface area contributed by atoms with E-state index in [0.717, 1.165) is 53.0 Å². The van der Waals surface area contributed by atoms with Gasteiger partial charge in [0, 0.05) is 44.4 Å². The highest BCUT2D eigenvalue weighted by Gasteiger charge is 2.19. The maximum absolute atomic E-state index is 4.84. The lowest BCUT2D eigenvalue weighted by Crippen LogP contribution is -2.47. The molecule has 6 nitrogen and oxygen atoms in total. The molecule has 1 aromatic carbocycles. The summed E-state index contributed by atoms with van der Waals surface area (Å²) in [6.07, 6.45) is 0. The fourth-order valence-electron chi connectivity index (χ4n) is 2.71. The molecule has 130 valence electrons. The van der Waals surface area contributed by atoms with Crippen molar-refractivity contribution in [1.82, 2.24) is 14.6 Å². The molecular formula is C17H25BrN6. The van der Waals surface area contributed by atoms with Gasteiger partial charge < -0.3 is 9.80 Å². The Morgan fingerprint density at radius 1 is 1.17 bits per heavy atom. The van der Waals surface area contributed by atoms with E-state index in [2.05, 4.69) is 49.6 Å². The van der Waals surface area contributed by atoms with Crippen molar-refractivity contribution in [3.8, 4) is 0 Å². The number of likely N-dealkylation sites (N-methyl/N-ethyl adjacent to an activating group) is 1. The van der Waals surface area contributed by atoms with Crippen LogP contribution in [0.4, 0.5) is 5.82 Å². The van der Waals surface area contributed by atoms with Crippen LogP contribution in [-0.4, -0.2) is 61.6 Å². The molecule has 24 heavy (non-hydrogen) atoms. The Morgan fingerprint density at radius 2 is 1.83 bits per heavy atom. The van der Waals surface area contributed by atoms with Crippen LogP contribution in [0.2, 0.25) is 0 Å². The van der Waals surface area contributed by atoms with Crippen molar-refractivity contribution in [1.29, 1.82) is 0 Å². The SMILES string of the molecule is C=Nn1c(=NC)c(N2CCN(C)CC2)nc2cc(Br)ccc21.CC. The second kappa shape index (κ2) is 8.39. The molecule has 2 heterocycles. The molecule has 0 aliphatic carbocycles. The predicted octanol–water partition coefficient (Wildman–Crippen LogP) is 2.57. The van der Waals surface area contributed by atoms with E-state index in [-0.39, 0.29) is 0 Å². The third kappa shape index (κ3) is 3.67. The molecule has 0 unspecified atom stereocenters. The molecule has 0 amide bonds. The summed E-state index contributed by atoms with van der Waals surface area (Å²) < 4.78 is 2.76. The fourth-order valence-corrected chi connectivity index (χ4v) is 3.06. The minimum absolute atomic E-state index is 0.745. The number of aromatic nitrogens is 2. The summed E-state index contributed by atoms with van der Waals surface area (Å²) in [5, 5.41) is 4.15. The van der Waals surface area contributed by atoms with Crippen LogP contribution in [-0.2, 0) is 0 Å². The van der Waals surface area contributed by atoms with Gasteiger partial charge in [-0.05, 0) is 25.2 Å². The van der Waals surface area contributed by atoms with Gasteiger partial charge in [0.25, 0.3) is 0 Å². The van der Waals surface area contributed by atoms with Crippen LogP contribution < -0.4 is 10.4 Å². The van der Waals surface area contributed by atoms with Crippen LogP contribution in [0, 0.1) is 0 Å². The molecule has 0 atom stereocenters. The van der Waals surface area contributed by atoms with E-state index in [1.54, 1.807) is 11.7 Å². The van der Waals surface area contributed by atoms with E-state index in [1.807, 2.05) is 32.0 Å². The number of hydrogen-bond donors (Lipinski definition) is 0. The number of piperazine rings is 1. The molecule has 0 spiro atoms. The first-order valence-electron chi connectivity index (χ1n) is 8.19. The van der Waals surface area contributed by atoms with Gasteiger partial charge in [-0.2, -0.15) is 5.10 Å². The molecule has 1 aliphatic heterocycles. The average molecular weight is 393 g/mol. The monoisotopic (exact) mass is 392 g/mol. The quantitative estimate of drug-likeness (QED) is 0.737. The molecule has 7 heteroatoms. The second-order valence-electron chi connectivity index (χ2n) is 5.36. The lowest BCUT2D eigenvalue weighted by Gasteiger charge is -2.33. The molecule has 1 saturated heterocycles. The van der Waals surface area contributed by atoms with Crippen LogP contribution in [0.25, 0.3) is 11.0 Å². The maximum Gasteiger partial charge on any atom is 0.192 e. The van der Waals surface area contributed by atoms with Crippen LogP contribution in [0.5, 0.6) is 0 Å². The van der Waals surface area contributed by atoms with Gasteiger partial charge >= 0.3 is 0 Å². The zero-order chi connectivity index (χ0) is 17.7. The molecule has 0 N–H and O–H groups in total. The molecule has 0 saturated carbocycles. The van der Waals surface area contributed by atoms with Crippen LogP contribution in [0.3, 0.4) is 0 Å². The van der Waals surface area contributed by atoms with Crippen molar-refractivity contribution in [2.24, 2.45) is 10.1 Å². The van der Waals surface area contributed by atoms with Crippen LogP contribution in [0.1, 0.15) is 13.8 Å². The van der Waals surface area contributed by atoms with E-state index in [4.69, 9.17) is 4.98 Å². The Hall–Kier alpha value is -1.73. The molecule has 3 rings (SSSR count). The third-order valence-electron chi connectivity index (χ3n) is 3.95. The van der Waals surface area contributed by atoms with Crippen molar-refractivity contribution >= 4 is 39.5 Å². The van der Waals surface area contributed by atoms with Gasteiger partial charge in [-0.1, -0.05) is 29.8 Å². The van der Waals surface area contributed by atoms with Gasteiger partial charge in [-0.25, -0.2) is 9.66 Å². The Labute approximate surface area is 151 Å². The molecule has 1 aliphatic rings. The van der Waals surface area contributed by atoms with Gasteiger partial charge in [-0.3, -0.25) is 4.99 Å². The maximum atomic E-state index is 4.84. The molecule has 1 aromatic heterocycles. The normalized spacial score (nSPS) is 16.0. The number of anilines is 1. The van der Waals surface area contributed by atoms with Crippen LogP contribution >= 0.6 is 15.9 Å². The van der Waals surface area contributed by atoms with E-state index in [9.17, 15) is 0 Å². The summed E-state index contributed by atoms with van der Waals surface area (Å²) in [6.45, 7) is 11.6. The highest BCUT2D eigenvalue weighted by Crippen LogP contribution is 2.20. The third-order valence-corrected chi connectivity index (χ3v) is 4.44. The second-order valence-corrected chi connectivity index (χ2v) is 6.27. The van der Waals surface area contributed by atoms with Crippen molar-refractivity contribution in [2.45, 2.75) is 13.8 Å². The Bertz CT molecular complexity index is 774. The van der Waals surface area contributed by atoms with Gasteiger partial charge in [-0.15, -0.1) is 0 Å². The smallest absolute Gasteiger partial charge is 0.192 e. The summed E-state index contributed by atoms with van der Waals surface area (Å²) in [6, 6.07) is 5.94. The summed E-state index contributed by atoms with van der Waals surface area (Å²) in [7, 11) is 3.90. The van der Waals surface area contributed by atoms with Crippen molar-refractivity contribution in [3.05, 3.63) is 28.2 Å². The van der Waals surface area contributed by atoms with Gasteiger partial charge in [0.2, 0.25) is 0 Å². The zero-order valence-electron chi connectivity index (χ0n) is 14.8. The number of nitrogens with zero attached hydrogens (tertiary/aromatic N) is 6. The number of hydrogen-bond acceptors (Lipinski definition) is 5. The average Bonchev–Trinajstić information content (AvgIpc) is 2.62. The van der Waals surface area contributed by atoms with E-state index < -0.39 is 0 Å². The Kier molecular flexibility index (Phi) is 6.51.